The number of rotatable bonds is 5. The molecule has 1 rings (SSSR count). The number of hydrogen-bond acceptors (Lipinski definition) is 5. The predicted octanol–water partition coefficient (Wildman–Crippen LogP) is 0.0373. The van der Waals surface area contributed by atoms with Crippen molar-refractivity contribution < 1.29 is 24.4 Å². The Morgan fingerprint density at radius 3 is 2.53 bits per heavy atom. The van der Waals surface area contributed by atoms with Crippen LogP contribution in [-0.4, -0.2) is 56.5 Å². The average Bonchev–Trinajstić information content (AvgIpc) is 2.28. The van der Waals surface area contributed by atoms with E-state index in [1.807, 2.05) is 0 Å². The molecule has 0 fully saturated rings. The highest BCUT2D eigenvalue weighted by molar-refractivity contribution is 7.52. The van der Waals surface area contributed by atoms with Gasteiger partial charge >= 0.3 is 7.60 Å². The molecule has 0 spiro atoms. The third-order valence-electron chi connectivity index (χ3n) is 2.46. The molecule has 1 atom stereocenters. The number of carbonyl (C=O) groups excluding carboxylic acids is 1. The predicted molar refractivity (Wildman–Crippen MR) is 66.2 cm³/mol. The summed E-state index contributed by atoms with van der Waals surface area (Å²) < 4.78 is 11.6. The minimum absolute atomic E-state index is 0.298. The van der Waals surface area contributed by atoms with Crippen LogP contribution >= 0.6 is 7.60 Å². The molecule has 0 bridgehead atoms. The van der Waals surface area contributed by atoms with E-state index in [4.69, 9.17) is 5.21 Å². The van der Waals surface area contributed by atoms with Gasteiger partial charge in [-0.15, -0.1) is 0 Å². The van der Waals surface area contributed by atoms with Crippen molar-refractivity contribution in [3.8, 4) is 0 Å². The number of likely N-dealkylation sites (N-methyl/N-ethyl adjacent to an activating group) is 2. The van der Waals surface area contributed by atoms with Crippen molar-refractivity contribution >= 4 is 13.5 Å². The fraction of sp³-hybridized carbons (Fsp3) is 0.400. The molecule has 0 aliphatic carbocycles. The SMILES string of the molecule is CN(O)C(=O)CN(C)C(c1cccnc1)P(=O)(O)O. The number of pyridine rings is 1. The molecule has 0 saturated heterocycles. The normalized spacial score (nSPS) is 13.4. The van der Waals surface area contributed by atoms with Crippen molar-refractivity contribution in [2.24, 2.45) is 0 Å². The number of amides is 1. The van der Waals surface area contributed by atoms with E-state index in [-0.39, 0.29) is 6.54 Å². The van der Waals surface area contributed by atoms with Crippen LogP contribution in [0.5, 0.6) is 0 Å². The first-order valence-electron chi connectivity index (χ1n) is 5.34. The van der Waals surface area contributed by atoms with Crippen molar-refractivity contribution in [3.63, 3.8) is 0 Å². The zero-order chi connectivity index (χ0) is 14.6. The van der Waals surface area contributed by atoms with Crippen LogP contribution < -0.4 is 0 Å². The fourth-order valence-corrected chi connectivity index (χ4v) is 2.77. The van der Waals surface area contributed by atoms with Crippen LogP contribution in [0.3, 0.4) is 0 Å². The van der Waals surface area contributed by atoms with E-state index in [1.54, 1.807) is 6.07 Å². The number of nitrogens with zero attached hydrogens (tertiary/aromatic N) is 3. The van der Waals surface area contributed by atoms with E-state index >= 15 is 0 Å². The second-order valence-corrected chi connectivity index (χ2v) is 5.75. The van der Waals surface area contributed by atoms with Crippen molar-refractivity contribution in [2.75, 3.05) is 20.6 Å². The minimum atomic E-state index is -4.51. The third-order valence-corrected chi connectivity index (χ3v) is 3.79. The standard InChI is InChI=1S/C10H16N3O5P/c1-12(7-9(14)13(2)15)10(19(16,17)18)8-4-3-5-11-6-8/h3-6,10,15H,7H2,1-2H3,(H2,16,17,18). The summed E-state index contributed by atoms with van der Waals surface area (Å²) in [5.74, 6) is -1.96. The lowest BCUT2D eigenvalue weighted by Gasteiger charge is -2.28. The van der Waals surface area contributed by atoms with Crippen LogP contribution in [-0.2, 0) is 9.36 Å². The van der Waals surface area contributed by atoms with E-state index < -0.39 is 19.3 Å². The van der Waals surface area contributed by atoms with Crippen molar-refractivity contribution in [3.05, 3.63) is 30.1 Å². The Balaban J connectivity index is 3.00. The molecule has 0 aromatic carbocycles. The molecule has 1 unspecified atom stereocenters. The molecule has 0 saturated carbocycles. The Morgan fingerprint density at radius 2 is 2.11 bits per heavy atom. The van der Waals surface area contributed by atoms with Gasteiger partial charge in [0.25, 0.3) is 5.91 Å². The zero-order valence-corrected chi connectivity index (χ0v) is 11.4. The molecule has 1 heterocycles. The fourth-order valence-electron chi connectivity index (χ4n) is 1.64. The number of aromatic nitrogens is 1. The lowest BCUT2D eigenvalue weighted by molar-refractivity contribution is -0.160. The summed E-state index contributed by atoms with van der Waals surface area (Å²) in [7, 11) is -1.97. The van der Waals surface area contributed by atoms with Crippen LogP contribution in [0.2, 0.25) is 0 Å². The molecular formula is C10H16N3O5P. The largest absolute Gasteiger partial charge is 0.347 e. The maximum atomic E-state index is 11.6. The van der Waals surface area contributed by atoms with Crippen molar-refractivity contribution in [1.29, 1.82) is 0 Å². The summed E-state index contributed by atoms with van der Waals surface area (Å²) in [6.07, 6.45) is 2.81. The molecular weight excluding hydrogens is 273 g/mol. The summed E-state index contributed by atoms with van der Waals surface area (Å²) in [6.45, 7) is -0.336. The Labute approximate surface area is 110 Å². The Kier molecular flexibility index (Phi) is 5.16. The topological polar surface area (TPSA) is 114 Å². The molecule has 8 nitrogen and oxygen atoms in total. The van der Waals surface area contributed by atoms with Gasteiger partial charge in [0.2, 0.25) is 0 Å². The van der Waals surface area contributed by atoms with Crippen LogP contribution in [0.25, 0.3) is 0 Å². The van der Waals surface area contributed by atoms with E-state index in [1.165, 1.54) is 30.4 Å². The first kappa shape index (κ1) is 15.7. The highest BCUT2D eigenvalue weighted by atomic mass is 31.2. The molecule has 1 aromatic rings. The van der Waals surface area contributed by atoms with Crippen LogP contribution in [0, 0.1) is 0 Å². The second kappa shape index (κ2) is 6.23. The van der Waals surface area contributed by atoms with Crippen LogP contribution in [0.15, 0.2) is 24.5 Å². The Hall–Kier alpha value is -1.31. The third kappa shape index (κ3) is 4.38. The molecule has 19 heavy (non-hydrogen) atoms. The molecule has 106 valence electrons. The molecule has 0 radical (unpaired) electrons. The van der Waals surface area contributed by atoms with E-state index in [9.17, 15) is 19.1 Å². The Bertz CT molecular complexity index is 475. The lowest BCUT2D eigenvalue weighted by Crippen LogP contribution is -2.36. The number of carbonyl (C=O) groups is 1. The van der Waals surface area contributed by atoms with Gasteiger partial charge in [0, 0.05) is 19.4 Å². The first-order chi connectivity index (χ1) is 8.73. The van der Waals surface area contributed by atoms with Gasteiger partial charge in [-0.3, -0.25) is 24.5 Å². The molecule has 0 aliphatic heterocycles. The maximum Gasteiger partial charge on any atom is 0.347 e. The van der Waals surface area contributed by atoms with Crippen molar-refractivity contribution in [1.82, 2.24) is 14.9 Å². The second-order valence-electron chi connectivity index (χ2n) is 4.08. The van der Waals surface area contributed by atoms with Gasteiger partial charge in [0.05, 0.1) is 6.54 Å². The zero-order valence-electron chi connectivity index (χ0n) is 10.5. The quantitative estimate of drug-likeness (QED) is 0.398. The summed E-state index contributed by atoms with van der Waals surface area (Å²) in [5, 5.41) is 9.35. The van der Waals surface area contributed by atoms with E-state index in [0.717, 1.165) is 7.05 Å². The smallest absolute Gasteiger partial charge is 0.323 e. The van der Waals surface area contributed by atoms with Crippen LogP contribution in [0.4, 0.5) is 0 Å². The highest BCUT2D eigenvalue weighted by Crippen LogP contribution is 2.52. The van der Waals surface area contributed by atoms with Gasteiger partial charge < -0.3 is 9.79 Å². The lowest BCUT2D eigenvalue weighted by atomic mass is 10.2. The molecule has 0 aliphatic rings. The summed E-state index contributed by atoms with van der Waals surface area (Å²) >= 11 is 0. The molecule has 9 heteroatoms. The highest BCUT2D eigenvalue weighted by Gasteiger charge is 2.35. The monoisotopic (exact) mass is 289 g/mol. The number of hydroxylamine groups is 2. The van der Waals surface area contributed by atoms with Gasteiger partial charge in [0.1, 0.15) is 5.78 Å². The summed E-state index contributed by atoms with van der Waals surface area (Å²) in [5.41, 5.74) is 0.298. The van der Waals surface area contributed by atoms with E-state index in [0.29, 0.717) is 10.6 Å². The van der Waals surface area contributed by atoms with Gasteiger partial charge in [-0.25, -0.2) is 5.06 Å². The molecule has 1 amide bonds. The first-order valence-corrected chi connectivity index (χ1v) is 7.02. The van der Waals surface area contributed by atoms with Gasteiger partial charge in [-0.2, -0.15) is 0 Å². The summed E-state index contributed by atoms with van der Waals surface area (Å²) in [4.78, 5) is 35.2. The minimum Gasteiger partial charge on any atom is -0.323 e. The Morgan fingerprint density at radius 1 is 1.47 bits per heavy atom. The van der Waals surface area contributed by atoms with Gasteiger partial charge in [-0.05, 0) is 18.7 Å². The van der Waals surface area contributed by atoms with Gasteiger partial charge in [0.15, 0.2) is 0 Å². The maximum absolute atomic E-state index is 11.6. The molecule has 1 aromatic heterocycles. The number of hydrogen-bond donors (Lipinski definition) is 3. The average molecular weight is 289 g/mol. The molecule has 3 N–H and O–H groups in total. The van der Waals surface area contributed by atoms with E-state index in [2.05, 4.69) is 4.98 Å². The van der Waals surface area contributed by atoms with Crippen LogP contribution in [0.1, 0.15) is 11.3 Å². The van der Waals surface area contributed by atoms with Gasteiger partial charge in [-0.1, -0.05) is 6.07 Å². The summed E-state index contributed by atoms with van der Waals surface area (Å²) in [6, 6.07) is 3.06. The van der Waals surface area contributed by atoms with Crippen molar-refractivity contribution in [2.45, 2.75) is 5.78 Å².